The number of aryl methyl sites for hydroxylation is 1. The molecule has 1 atom stereocenters. The van der Waals surface area contributed by atoms with Crippen LogP contribution in [0.2, 0.25) is 0 Å². The molecule has 118 valence electrons. The minimum Gasteiger partial charge on any atom is -0.380 e. The molecule has 0 aromatic heterocycles. The summed E-state index contributed by atoms with van der Waals surface area (Å²) in [6, 6.07) is 2.77. The van der Waals surface area contributed by atoms with Crippen LogP contribution in [0.15, 0.2) is 17.0 Å². The molecule has 0 aliphatic heterocycles. The average Bonchev–Trinajstić information content (AvgIpc) is 2.37. The van der Waals surface area contributed by atoms with Crippen LogP contribution in [-0.4, -0.2) is 33.6 Å². The number of rotatable bonds is 6. The van der Waals surface area contributed by atoms with E-state index in [4.69, 9.17) is 15.4 Å². The van der Waals surface area contributed by atoms with Gasteiger partial charge in [0.1, 0.15) is 0 Å². The van der Waals surface area contributed by atoms with Crippen LogP contribution >= 0.6 is 10.7 Å². The van der Waals surface area contributed by atoms with Crippen molar-refractivity contribution in [2.24, 2.45) is 0 Å². The molecule has 0 aliphatic rings. The van der Waals surface area contributed by atoms with Gasteiger partial charge in [0.2, 0.25) is 0 Å². The second kappa shape index (κ2) is 7.24. The fraction of sp³-hybridized carbons (Fsp3) is 0.500. The van der Waals surface area contributed by atoms with Crippen LogP contribution < -0.4 is 5.32 Å². The standard InChI is InChI=1S/C14H20ClNO4S/c1-5-20-8-10(3)16-14(17)12-6-9(2)11(4)13(7-12)21(15,18)19/h6-7,10H,5,8H2,1-4H3,(H,16,17). The first-order valence-electron chi connectivity index (χ1n) is 6.61. The van der Waals surface area contributed by atoms with Gasteiger partial charge < -0.3 is 10.1 Å². The number of hydrogen-bond donors (Lipinski definition) is 1. The second-order valence-electron chi connectivity index (χ2n) is 4.89. The molecular formula is C14H20ClNO4S. The molecule has 0 saturated heterocycles. The third-order valence-electron chi connectivity index (χ3n) is 3.09. The van der Waals surface area contributed by atoms with Crippen LogP contribution in [0.1, 0.15) is 35.3 Å². The smallest absolute Gasteiger partial charge is 0.261 e. The zero-order valence-corrected chi connectivity index (χ0v) is 14.1. The number of nitrogens with one attached hydrogen (secondary N) is 1. The average molecular weight is 334 g/mol. The first-order valence-corrected chi connectivity index (χ1v) is 8.92. The van der Waals surface area contributed by atoms with Gasteiger partial charge in [-0.15, -0.1) is 0 Å². The number of amides is 1. The van der Waals surface area contributed by atoms with Gasteiger partial charge in [0.25, 0.3) is 15.0 Å². The number of benzene rings is 1. The minimum absolute atomic E-state index is 0.0354. The second-order valence-corrected chi connectivity index (χ2v) is 7.42. The van der Waals surface area contributed by atoms with Crippen LogP contribution in [0.3, 0.4) is 0 Å². The SMILES string of the molecule is CCOCC(C)NC(=O)c1cc(C)c(C)c(S(=O)(=O)Cl)c1. The van der Waals surface area contributed by atoms with Gasteiger partial charge in [-0.25, -0.2) is 8.42 Å². The summed E-state index contributed by atoms with van der Waals surface area (Å²) in [6.07, 6.45) is 0. The van der Waals surface area contributed by atoms with Gasteiger partial charge in [0.15, 0.2) is 0 Å². The lowest BCUT2D eigenvalue weighted by Crippen LogP contribution is -2.36. The molecule has 21 heavy (non-hydrogen) atoms. The minimum atomic E-state index is -3.89. The van der Waals surface area contributed by atoms with E-state index in [9.17, 15) is 13.2 Å². The zero-order valence-electron chi connectivity index (χ0n) is 12.6. The van der Waals surface area contributed by atoms with Gasteiger partial charge in [0.05, 0.1) is 11.5 Å². The van der Waals surface area contributed by atoms with Crippen molar-refractivity contribution in [1.29, 1.82) is 0 Å². The molecule has 1 N–H and O–H groups in total. The maximum Gasteiger partial charge on any atom is 0.261 e. The molecule has 0 spiro atoms. The number of carbonyl (C=O) groups is 1. The normalized spacial score (nSPS) is 13.0. The van der Waals surface area contributed by atoms with E-state index in [2.05, 4.69) is 5.32 Å². The molecule has 1 amide bonds. The fourth-order valence-corrected chi connectivity index (χ4v) is 3.13. The topological polar surface area (TPSA) is 72.5 Å². The lowest BCUT2D eigenvalue weighted by atomic mass is 10.1. The van der Waals surface area contributed by atoms with Crippen molar-refractivity contribution in [1.82, 2.24) is 5.32 Å². The molecule has 0 fully saturated rings. The maximum absolute atomic E-state index is 12.2. The number of carbonyl (C=O) groups excluding carboxylic acids is 1. The predicted molar refractivity (Wildman–Crippen MR) is 82.4 cm³/mol. The van der Waals surface area contributed by atoms with Gasteiger partial charge in [0, 0.05) is 28.9 Å². The largest absolute Gasteiger partial charge is 0.380 e. The van der Waals surface area contributed by atoms with Gasteiger partial charge in [-0.3, -0.25) is 4.79 Å². The lowest BCUT2D eigenvalue weighted by Gasteiger charge is -2.15. The summed E-state index contributed by atoms with van der Waals surface area (Å²) in [7, 11) is 1.52. The Kier molecular flexibility index (Phi) is 6.19. The third kappa shape index (κ3) is 4.98. The van der Waals surface area contributed by atoms with Gasteiger partial charge in [-0.2, -0.15) is 0 Å². The summed E-state index contributed by atoms with van der Waals surface area (Å²) in [5, 5.41) is 2.75. The summed E-state index contributed by atoms with van der Waals surface area (Å²) in [5.74, 6) is -0.355. The summed E-state index contributed by atoms with van der Waals surface area (Å²) in [4.78, 5) is 12.1. The highest BCUT2D eigenvalue weighted by Gasteiger charge is 2.19. The Balaban J connectivity index is 3.04. The van der Waals surface area contributed by atoms with E-state index < -0.39 is 9.05 Å². The number of ether oxygens (including phenoxy) is 1. The van der Waals surface area contributed by atoms with Gasteiger partial charge in [-0.05, 0) is 51.0 Å². The Morgan fingerprint density at radius 2 is 2.00 bits per heavy atom. The Morgan fingerprint density at radius 3 is 2.52 bits per heavy atom. The van der Waals surface area contributed by atoms with E-state index in [1.807, 2.05) is 13.8 Å². The van der Waals surface area contributed by atoms with Crippen molar-refractivity contribution in [2.75, 3.05) is 13.2 Å². The van der Waals surface area contributed by atoms with E-state index in [1.165, 1.54) is 6.07 Å². The molecular weight excluding hydrogens is 314 g/mol. The Hall–Kier alpha value is -1.11. The molecule has 1 rings (SSSR count). The first kappa shape index (κ1) is 17.9. The maximum atomic E-state index is 12.2. The zero-order chi connectivity index (χ0) is 16.2. The van der Waals surface area contributed by atoms with Crippen LogP contribution in [0.25, 0.3) is 0 Å². The van der Waals surface area contributed by atoms with E-state index in [0.29, 0.717) is 24.3 Å². The van der Waals surface area contributed by atoms with E-state index in [1.54, 1.807) is 19.9 Å². The Morgan fingerprint density at radius 1 is 1.38 bits per heavy atom. The van der Waals surface area contributed by atoms with Crippen molar-refractivity contribution in [2.45, 2.75) is 38.6 Å². The number of hydrogen-bond acceptors (Lipinski definition) is 4. The molecule has 1 aromatic rings. The molecule has 5 nitrogen and oxygen atoms in total. The summed E-state index contributed by atoms with van der Waals surface area (Å²) in [6.45, 7) is 8.04. The third-order valence-corrected chi connectivity index (χ3v) is 4.54. The highest BCUT2D eigenvalue weighted by Crippen LogP contribution is 2.24. The Labute approximate surface area is 130 Å². The monoisotopic (exact) mass is 333 g/mol. The van der Waals surface area contributed by atoms with Crippen molar-refractivity contribution in [3.63, 3.8) is 0 Å². The molecule has 1 unspecified atom stereocenters. The quantitative estimate of drug-likeness (QED) is 0.811. The van der Waals surface area contributed by atoms with E-state index in [-0.39, 0.29) is 22.4 Å². The van der Waals surface area contributed by atoms with Crippen LogP contribution in [-0.2, 0) is 13.8 Å². The highest BCUT2D eigenvalue weighted by atomic mass is 35.7. The van der Waals surface area contributed by atoms with Crippen molar-refractivity contribution < 1.29 is 17.9 Å². The molecule has 0 heterocycles. The summed E-state index contributed by atoms with van der Waals surface area (Å²) >= 11 is 0. The fourth-order valence-electron chi connectivity index (χ4n) is 1.85. The van der Waals surface area contributed by atoms with Crippen LogP contribution in [0.5, 0.6) is 0 Å². The highest BCUT2D eigenvalue weighted by molar-refractivity contribution is 8.13. The molecule has 1 aromatic carbocycles. The Bertz CT molecular complexity index is 628. The predicted octanol–water partition coefficient (Wildman–Crippen LogP) is 2.39. The summed E-state index contributed by atoms with van der Waals surface area (Å²) < 4.78 is 28.3. The van der Waals surface area contributed by atoms with Crippen LogP contribution in [0, 0.1) is 13.8 Å². The van der Waals surface area contributed by atoms with Gasteiger partial charge >= 0.3 is 0 Å². The molecule has 0 aliphatic carbocycles. The molecule has 0 saturated carbocycles. The molecule has 0 radical (unpaired) electrons. The lowest BCUT2D eigenvalue weighted by molar-refractivity contribution is 0.0871. The first-order chi connectivity index (χ1) is 9.66. The number of halogens is 1. The van der Waals surface area contributed by atoms with E-state index in [0.717, 1.165) is 0 Å². The molecule has 0 bridgehead atoms. The van der Waals surface area contributed by atoms with Crippen molar-refractivity contribution in [3.8, 4) is 0 Å². The van der Waals surface area contributed by atoms with E-state index >= 15 is 0 Å². The van der Waals surface area contributed by atoms with Gasteiger partial charge in [-0.1, -0.05) is 0 Å². The van der Waals surface area contributed by atoms with Crippen molar-refractivity contribution in [3.05, 3.63) is 28.8 Å². The van der Waals surface area contributed by atoms with Crippen LogP contribution in [0.4, 0.5) is 0 Å². The van der Waals surface area contributed by atoms with Crippen molar-refractivity contribution >= 4 is 25.6 Å². The molecule has 7 heteroatoms. The summed E-state index contributed by atoms with van der Waals surface area (Å²) in [5.41, 5.74) is 1.50.